The highest BCUT2D eigenvalue weighted by molar-refractivity contribution is 5.87. The Kier molecular flexibility index (Phi) is 3.48. The largest absolute Gasteiger partial charge is 0.476 e. The van der Waals surface area contributed by atoms with E-state index >= 15 is 0 Å². The number of halogens is 3. The minimum atomic E-state index is -1.34. The Labute approximate surface area is 118 Å². The van der Waals surface area contributed by atoms with Gasteiger partial charge in [-0.25, -0.2) is 22.6 Å². The zero-order chi connectivity index (χ0) is 15.9. The lowest BCUT2D eigenvalue weighted by Crippen LogP contribution is -2.21. The van der Waals surface area contributed by atoms with Gasteiger partial charge in [0.15, 0.2) is 23.1 Å². The molecule has 0 atom stereocenters. The Morgan fingerprint density at radius 3 is 2.24 bits per heavy atom. The molecule has 1 N–H and O–H groups in total. The highest BCUT2D eigenvalue weighted by Crippen LogP contribution is 2.28. The van der Waals surface area contributed by atoms with E-state index < -0.39 is 34.5 Å². The van der Waals surface area contributed by atoms with E-state index in [4.69, 9.17) is 5.11 Å². The average Bonchev–Trinajstić information content (AvgIpc) is 2.78. The van der Waals surface area contributed by atoms with Crippen molar-refractivity contribution in [2.24, 2.45) is 0 Å². The van der Waals surface area contributed by atoms with Crippen LogP contribution in [0.5, 0.6) is 0 Å². The third kappa shape index (κ3) is 2.61. The summed E-state index contributed by atoms with van der Waals surface area (Å²) in [6, 6.07) is 0.986. The predicted octanol–water partition coefficient (Wildman–Crippen LogP) is 2.68. The summed E-state index contributed by atoms with van der Waals surface area (Å²) in [4.78, 5) is 11.2. The van der Waals surface area contributed by atoms with Crippen molar-refractivity contribution >= 4 is 5.97 Å². The van der Waals surface area contributed by atoms with Gasteiger partial charge in [0.05, 0.1) is 5.69 Å². The van der Waals surface area contributed by atoms with E-state index in [1.54, 1.807) is 20.8 Å². The van der Waals surface area contributed by atoms with Crippen molar-refractivity contribution < 1.29 is 23.1 Å². The summed E-state index contributed by atoms with van der Waals surface area (Å²) in [7, 11) is 0. The summed E-state index contributed by atoms with van der Waals surface area (Å²) in [5.41, 5.74) is -1.44. The molecule has 1 aromatic heterocycles. The molecule has 5 nitrogen and oxygen atoms in total. The SMILES string of the molecule is CC(C)(C)c1c(C(=O)O)nnn1-c1cc(F)c(F)cc1F. The van der Waals surface area contributed by atoms with Crippen molar-refractivity contribution in [1.29, 1.82) is 0 Å². The number of aromatic carboxylic acids is 1. The van der Waals surface area contributed by atoms with Gasteiger partial charge < -0.3 is 5.11 Å². The quantitative estimate of drug-likeness (QED) is 0.866. The summed E-state index contributed by atoms with van der Waals surface area (Å²) < 4.78 is 41.0. The summed E-state index contributed by atoms with van der Waals surface area (Å²) in [6.07, 6.45) is 0. The van der Waals surface area contributed by atoms with Crippen LogP contribution in [-0.4, -0.2) is 26.1 Å². The maximum atomic E-state index is 13.9. The molecule has 0 amide bonds. The number of hydrogen-bond acceptors (Lipinski definition) is 3. The molecule has 2 rings (SSSR count). The fourth-order valence-electron chi connectivity index (χ4n) is 1.94. The van der Waals surface area contributed by atoms with Crippen LogP contribution in [0, 0.1) is 17.5 Å². The van der Waals surface area contributed by atoms with Crippen LogP contribution in [0.1, 0.15) is 37.0 Å². The van der Waals surface area contributed by atoms with Crippen LogP contribution in [0.2, 0.25) is 0 Å². The smallest absolute Gasteiger partial charge is 0.358 e. The van der Waals surface area contributed by atoms with Crippen LogP contribution in [0.3, 0.4) is 0 Å². The van der Waals surface area contributed by atoms with Crippen molar-refractivity contribution in [2.75, 3.05) is 0 Å². The molecule has 21 heavy (non-hydrogen) atoms. The molecule has 0 saturated heterocycles. The van der Waals surface area contributed by atoms with Gasteiger partial charge in [-0.15, -0.1) is 5.10 Å². The van der Waals surface area contributed by atoms with E-state index in [-0.39, 0.29) is 11.4 Å². The first-order valence-electron chi connectivity index (χ1n) is 5.97. The number of carboxylic acids is 1. The number of aromatic nitrogens is 3. The second kappa shape index (κ2) is 4.87. The van der Waals surface area contributed by atoms with Crippen LogP contribution in [0.4, 0.5) is 13.2 Å². The van der Waals surface area contributed by atoms with Crippen LogP contribution < -0.4 is 0 Å². The van der Waals surface area contributed by atoms with E-state index in [9.17, 15) is 18.0 Å². The molecular formula is C13H12F3N3O2. The number of carboxylic acid groups (broad SMARTS) is 1. The molecule has 2 aromatic rings. The van der Waals surface area contributed by atoms with Crippen molar-refractivity contribution in [3.05, 3.63) is 41.0 Å². The van der Waals surface area contributed by atoms with E-state index in [2.05, 4.69) is 10.3 Å². The maximum absolute atomic E-state index is 13.9. The van der Waals surface area contributed by atoms with Crippen LogP contribution in [0.25, 0.3) is 5.69 Å². The predicted molar refractivity (Wildman–Crippen MR) is 66.9 cm³/mol. The summed E-state index contributed by atoms with van der Waals surface area (Å²) in [5.74, 6) is -5.01. The Balaban J connectivity index is 2.77. The van der Waals surface area contributed by atoms with Gasteiger partial charge in [-0.1, -0.05) is 26.0 Å². The monoisotopic (exact) mass is 299 g/mol. The van der Waals surface area contributed by atoms with E-state index in [0.717, 1.165) is 4.68 Å². The topological polar surface area (TPSA) is 68.0 Å². The lowest BCUT2D eigenvalue weighted by molar-refractivity contribution is 0.0687. The molecule has 0 aliphatic heterocycles. The molecule has 1 aromatic carbocycles. The summed E-state index contributed by atoms with van der Waals surface area (Å²) in [5, 5.41) is 16.2. The van der Waals surface area contributed by atoms with Crippen molar-refractivity contribution in [3.8, 4) is 5.69 Å². The highest BCUT2D eigenvalue weighted by Gasteiger charge is 2.30. The van der Waals surface area contributed by atoms with Gasteiger partial charge in [0.2, 0.25) is 0 Å². The molecule has 0 aliphatic carbocycles. The molecule has 0 bridgehead atoms. The second-order valence-electron chi connectivity index (χ2n) is 5.47. The minimum absolute atomic E-state index is 0.0832. The standard InChI is InChI=1S/C13H12F3N3O2/c1-13(2,3)11-10(12(20)21)17-18-19(11)9-5-7(15)6(14)4-8(9)16/h4-5H,1-3H3,(H,20,21). The second-order valence-corrected chi connectivity index (χ2v) is 5.47. The first kappa shape index (κ1) is 15.0. The van der Waals surface area contributed by atoms with Gasteiger partial charge >= 0.3 is 5.97 Å². The zero-order valence-corrected chi connectivity index (χ0v) is 11.5. The molecule has 0 aliphatic rings. The molecule has 0 spiro atoms. The Hall–Kier alpha value is -2.38. The maximum Gasteiger partial charge on any atom is 0.358 e. The van der Waals surface area contributed by atoms with Crippen molar-refractivity contribution in [2.45, 2.75) is 26.2 Å². The zero-order valence-electron chi connectivity index (χ0n) is 11.5. The molecule has 1 heterocycles. The van der Waals surface area contributed by atoms with Gasteiger partial charge in [-0.05, 0) is 0 Å². The third-order valence-electron chi connectivity index (χ3n) is 2.80. The lowest BCUT2D eigenvalue weighted by atomic mass is 9.90. The number of rotatable bonds is 2. The van der Waals surface area contributed by atoms with Crippen LogP contribution >= 0.6 is 0 Å². The molecule has 0 radical (unpaired) electrons. The van der Waals surface area contributed by atoms with E-state index in [1.165, 1.54) is 0 Å². The molecule has 112 valence electrons. The van der Waals surface area contributed by atoms with Gasteiger partial charge in [0.1, 0.15) is 5.69 Å². The van der Waals surface area contributed by atoms with Gasteiger partial charge in [-0.3, -0.25) is 0 Å². The van der Waals surface area contributed by atoms with Gasteiger partial charge in [-0.2, -0.15) is 0 Å². The highest BCUT2D eigenvalue weighted by atomic mass is 19.2. The van der Waals surface area contributed by atoms with E-state index in [1.807, 2.05) is 0 Å². The number of carbonyl (C=O) groups is 1. The van der Waals surface area contributed by atoms with Gasteiger partial charge in [0, 0.05) is 17.5 Å². The fraction of sp³-hybridized carbons (Fsp3) is 0.308. The molecule has 0 unspecified atom stereocenters. The Bertz CT molecular complexity index is 720. The van der Waals surface area contributed by atoms with Gasteiger partial charge in [0.25, 0.3) is 0 Å². The molecule has 8 heteroatoms. The van der Waals surface area contributed by atoms with Crippen LogP contribution in [-0.2, 0) is 5.41 Å². The third-order valence-corrected chi connectivity index (χ3v) is 2.80. The normalized spacial score (nSPS) is 11.7. The first-order valence-corrected chi connectivity index (χ1v) is 5.97. The number of benzene rings is 1. The molecule has 0 fully saturated rings. The van der Waals surface area contributed by atoms with Crippen molar-refractivity contribution in [1.82, 2.24) is 15.0 Å². The van der Waals surface area contributed by atoms with Crippen molar-refractivity contribution in [3.63, 3.8) is 0 Å². The Morgan fingerprint density at radius 1 is 1.14 bits per heavy atom. The van der Waals surface area contributed by atoms with Crippen LogP contribution in [0.15, 0.2) is 12.1 Å². The minimum Gasteiger partial charge on any atom is -0.476 e. The first-order chi connectivity index (χ1) is 9.62. The number of nitrogens with zero attached hydrogens (tertiary/aromatic N) is 3. The van der Waals surface area contributed by atoms with E-state index in [0.29, 0.717) is 12.1 Å². The number of hydrogen-bond donors (Lipinski definition) is 1. The molecule has 0 saturated carbocycles. The lowest BCUT2D eigenvalue weighted by Gasteiger charge is -2.20. The summed E-state index contributed by atoms with van der Waals surface area (Å²) >= 11 is 0. The molecular weight excluding hydrogens is 287 g/mol. The summed E-state index contributed by atoms with van der Waals surface area (Å²) in [6.45, 7) is 5.02. The fourth-order valence-corrected chi connectivity index (χ4v) is 1.94. The Morgan fingerprint density at radius 2 is 1.71 bits per heavy atom. The average molecular weight is 299 g/mol.